The molecule has 1 unspecified atom stereocenters. The Morgan fingerprint density at radius 2 is 1.91 bits per heavy atom. The van der Waals surface area contributed by atoms with Crippen molar-refractivity contribution in [2.75, 3.05) is 59.1 Å². The maximum Gasteiger partial charge on any atom is 0.119 e. The summed E-state index contributed by atoms with van der Waals surface area (Å²) in [4.78, 5) is 4.88. The zero-order valence-electron chi connectivity index (χ0n) is 14.0. The maximum atomic E-state index is 6.04. The molecule has 23 heavy (non-hydrogen) atoms. The standard InChI is InChI=1S/C18H29N3O2/c19-15-18(21-9-11-22-12-10-21)16-4-3-5-17(14-16)23-13-8-20-6-1-2-7-20/h3-5,14,18H,1-2,6-13,15,19H2. The molecule has 2 heterocycles. The van der Waals surface area contributed by atoms with Gasteiger partial charge < -0.3 is 15.2 Å². The number of morpholine rings is 1. The zero-order valence-corrected chi connectivity index (χ0v) is 14.0. The minimum atomic E-state index is 0.251. The summed E-state index contributed by atoms with van der Waals surface area (Å²) < 4.78 is 11.4. The van der Waals surface area contributed by atoms with E-state index in [1.165, 1.54) is 31.5 Å². The lowest BCUT2D eigenvalue weighted by Gasteiger charge is -2.34. The quantitative estimate of drug-likeness (QED) is 0.825. The summed E-state index contributed by atoms with van der Waals surface area (Å²) in [5.41, 5.74) is 7.28. The highest BCUT2D eigenvalue weighted by Crippen LogP contribution is 2.24. The Morgan fingerprint density at radius 1 is 1.13 bits per heavy atom. The molecular weight excluding hydrogens is 290 g/mol. The third-order valence-corrected chi connectivity index (χ3v) is 4.83. The van der Waals surface area contributed by atoms with Gasteiger partial charge in [-0.05, 0) is 43.6 Å². The highest BCUT2D eigenvalue weighted by atomic mass is 16.5. The molecular formula is C18H29N3O2. The van der Waals surface area contributed by atoms with Gasteiger partial charge in [-0.2, -0.15) is 0 Å². The van der Waals surface area contributed by atoms with Gasteiger partial charge in [0.1, 0.15) is 12.4 Å². The van der Waals surface area contributed by atoms with Crippen LogP contribution < -0.4 is 10.5 Å². The topological polar surface area (TPSA) is 51.0 Å². The van der Waals surface area contributed by atoms with E-state index in [4.69, 9.17) is 15.2 Å². The van der Waals surface area contributed by atoms with Crippen molar-refractivity contribution in [1.82, 2.24) is 9.80 Å². The number of likely N-dealkylation sites (tertiary alicyclic amines) is 1. The molecule has 1 aromatic rings. The first-order chi connectivity index (χ1) is 11.4. The van der Waals surface area contributed by atoms with Crippen LogP contribution >= 0.6 is 0 Å². The number of ether oxygens (including phenoxy) is 2. The van der Waals surface area contributed by atoms with E-state index >= 15 is 0 Å². The van der Waals surface area contributed by atoms with Crippen LogP contribution in [-0.4, -0.2) is 68.9 Å². The van der Waals surface area contributed by atoms with E-state index in [-0.39, 0.29) is 6.04 Å². The van der Waals surface area contributed by atoms with Crippen LogP contribution in [0.2, 0.25) is 0 Å². The molecule has 128 valence electrons. The molecule has 0 radical (unpaired) electrons. The summed E-state index contributed by atoms with van der Waals surface area (Å²) in [6, 6.07) is 8.67. The molecule has 1 atom stereocenters. The summed E-state index contributed by atoms with van der Waals surface area (Å²) >= 11 is 0. The van der Waals surface area contributed by atoms with E-state index in [1.807, 2.05) is 6.07 Å². The van der Waals surface area contributed by atoms with Crippen molar-refractivity contribution >= 4 is 0 Å². The minimum Gasteiger partial charge on any atom is -0.492 e. The van der Waals surface area contributed by atoms with Gasteiger partial charge in [-0.15, -0.1) is 0 Å². The van der Waals surface area contributed by atoms with Gasteiger partial charge in [0.25, 0.3) is 0 Å². The van der Waals surface area contributed by atoms with E-state index in [2.05, 4.69) is 28.0 Å². The van der Waals surface area contributed by atoms with Crippen molar-refractivity contribution in [1.29, 1.82) is 0 Å². The second-order valence-corrected chi connectivity index (χ2v) is 6.37. The Balaban J connectivity index is 1.56. The molecule has 0 aliphatic carbocycles. The van der Waals surface area contributed by atoms with Crippen molar-refractivity contribution < 1.29 is 9.47 Å². The fraction of sp³-hybridized carbons (Fsp3) is 0.667. The van der Waals surface area contributed by atoms with Gasteiger partial charge in [0, 0.05) is 32.2 Å². The van der Waals surface area contributed by atoms with Crippen molar-refractivity contribution in [2.45, 2.75) is 18.9 Å². The molecule has 0 aromatic heterocycles. The summed E-state index contributed by atoms with van der Waals surface area (Å²) in [5.74, 6) is 0.952. The smallest absolute Gasteiger partial charge is 0.119 e. The summed E-state index contributed by atoms with van der Waals surface area (Å²) in [5, 5.41) is 0. The number of nitrogens with zero attached hydrogens (tertiary/aromatic N) is 2. The van der Waals surface area contributed by atoms with Crippen LogP contribution in [0.4, 0.5) is 0 Å². The summed E-state index contributed by atoms with van der Waals surface area (Å²) in [6.45, 7) is 8.32. The number of benzene rings is 1. The largest absolute Gasteiger partial charge is 0.492 e. The zero-order chi connectivity index (χ0) is 15.9. The molecule has 0 amide bonds. The molecule has 2 aliphatic heterocycles. The molecule has 5 nitrogen and oxygen atoms in total. The molecule has 2 aliphatic rings. The van der Waals surface area contributed by atoms with Gasteiger partial charge in [0.2, 0.25) is 0 Å². The van der Waals surface area contributed by atoms with E-state index in [1.54, 1.807) is 0 Å². The Bertz CT molecular complexity index is 471. The fourth-order valence-corrected chi connectivity index (χ4v) is 3.50. The number of hydrogen-bond donors (Lipinski definition) is 1. The Kier molecular flexibility index (Phi) is 6.28. The van der Waals surface area contributed by atoms with Gasteiger partial charge in [-0.1, -0.05) is 12.1 Å². The average molecular weight is 319 g/mol. The highest BCUT2D eigenvalue weighted by molar-refractivity contribution is 5.31. The summed E-state index contributed by atoms with van der Waals surface area (Å²) in [7, 11) is 0. The van der Waals surface area contributed by atoms with Crippen molar-refractivity contribution in [3.05, 3.63) is 29.8 Å². The number of hydrogen-bond acceptors (Lipinski definition) is 5. The summed E-state index contributed by atoms with van der Waals surface area (Å²) in [6.07, 6.45) is 2.65. The lowest BCUT2D eigenvalue weighted by molar-refractivity contribution is 0.0178. The SMILES string of the molecule is NCC(c1cccc(OCCN2CCCC2)c1)N1CCOCC1. The monoisotopic (exact) mass is 319 g/mol. The van der Waals surface area contributed by atoms with Crippen LogP contribution in [-0.2, 0) is 4.74 Å². The predicted molar refractivity (Wildman–Crippen MR) is 91.8 cm³/mol. The molecule has 0 spiro atoms. The second kappa shape index (κ2) is 8.64. The third-order valence-electron chi connectivity index (χ3n) is 4.83. The van der Waals surface area contributed by atoms with Crippen LogP contribution in [0.1, 0.15) is 24.4 Å². The number of nitrogens with two attached hydrogens (primary N) is 1. The normalized spacial score (nSPS) is 21.4. The molecule has 2 saturated heterocycles. The maximum absolute atomic E-state index is 6.04. The predicted octanol–water partition coefficient (Wildman–Crippen LogP) is 1.49. The van der Waals surface area contributed by atoms with Crippen LogP contribution in [0.3, 0.4) is 0 Å². The molecule has 1 aromatic carbocycles. The first-order valence-corrected chi connectivity index (χ1v) is 8.84. The second-order valence-electron chi connectivity index (χ2n) is 6.37. The lowest BCUT2D eigenvalue weighted by Crippen LogP contribution is -2.41. The van der Waals surface area contributed by atoms with Crippen molar-refractivity contribution in [3.63, 3.8) is 0 Å². The van der Waals surface area contributed by atoms with Crippen molar-refractivity contribution in [3.8, 4) is 5.75 Å². The molecule has 2 N–H and O–H groups in total. The Morgan fingerprint density at radius 3 is 2.65 bits per heavy atom. The third kappa shape index (κ3) is 4.67. The molecule has 3 rings (SSSR count). The van der Waals surface area contributed by atoms with Gasteiger partial charge in [0.15, 0.2) is 0 Å². The average Bonchev–Trinajstić information content (AvgIpc) is 3.10. The highest BCUT2D eigenvalue weighted by Gasteiger charge is 2.21. The molecule has 0 bridgehead atoms. The van der Waals surface area contributed by atoms with E-state index in [0.717, 1.165) is 45.2 Å². The van der Waals surface area contributed by atoms with Crippen LogP contribution in [0.5, 0.6) is 5.75 Å². The molecule has 5 heteroatoms. The minimum absolute atomic E-state index is 0.251. The molecule has 2 fully saturated rings. The first-order valence-electron chi connectivity index (χ1n) is 8.84. The van der Waals surface area contributed by atoms with Gasteiger partial charge in [-0.25, -0.2) is 0 Å². The van der Waals surface area contributed by atoms with Gasteiger partial charge in [-0.3, -0.25) is 9.80 Å². The van der Waals surface area contributed by atoms with E-state index in [9.17, 15) is 0 Å². The molecule has 0 saturated carbocycles. The Hall–Kier alpha value is -1.14. The van der Waals surface area contributed by atoms with Gasteiger partial charge >= 0.3 is 0 Å². The van der Waals surface area contributed by atoms with E-state index < -0.39 is 0 Å². The lowest BCUT2D eigenvalue weighted by atomic mass is 10.0. The van der Waals surface area contributed by atoms with Gasteiger partial charge in [0.05, 0.1) is 13.2 Å². The number of rotatable bonds is 7. The van der Waals surface area contributed by atoms with Crippen LogP contribution in [0, 0.1) is 0 Å². The van der Waals surface area contributed by atoms with Crippen LogP contribution in [0.25, 0.3) is 0 Å². The van der Waals surface area contributed by atoms with E-state index in [0.29, 0.717) is 6.54 Å². The van der Waals surface area contributed by atoms with Crippen LogP contribution in [0.15, 0.2) is 24.3 Å². The Labute approximate surface area is 139 Å². The fourth-order valence-electron chi connectivity index (χ4n) is 3.50. The van der Waals surface area contributed by atoms with Crippen molar-refractivity contribution in [2.24, 2.45) is 5.73 Å². The first kappa shape index (κ1) is 16.7.